The lowest BCUT2D eigenvalue weighted by molar-refractivity contribution is 0.0881. The molecule has 3 aromatic rings. The van der Waals surface area contributed by atoms with E-state index in [2.05, 4.69) is 20.5 Å². The first-order chi connectivity index (χ1) is 14.6. The standard InChI is InChI=1S/C24H26N4O2/c1-15-5-6-17(14-25-15)16-7-8-21(23(29)11-16)22-9-10-24(28-27-22)30-20-12-18-3-2-4-19(13-20)26-18/h5-11,14,18-20,26,29H,2-4,12-13H2,1H3. The Kier molecular flexibility index (Phi) is 5.09. The fourth-order valence-electron chi connectivity index (χ4n) is 4.57. The van der Waals surface area contributed by atoms with Gasteiger partial charge in [-0.15, -0.1) is 10.2 Å². The van der Waals surface area contributed by atoms with Gasteiger partial charge in [-0.25, -0.2) is 0 Å². The predicted octanol–water partition coefficient (Wildman–Crippen LogP) is 4.27. The van der Waals surface area contributed by atoms with Crippen molar-refractivity contribution in [2.75, 3.05) is 0 Å². The highest BCUT2D eigenvalue weighted by atomic mass is 16.5. The third-order valence-corrected chi connectivity index (χ3v) is 6.12. The van der Waals surface area contributed by atoms with Crippen LogP contribution in [0.3, 0.4) is 0 Å². The number of aromatic nitrogens is 3. The number of phenols is 1. The number of piperidine rings is 2. The molecule has 0 saturated carbocycles. The van der Waals surface area contributed by atoms with Crippen molar-refractivity contribution in [1.29, 1.82) is 0 Å². The Labute approximate surface area is 176 Å². The van der Waals surface area contributed by atoms with E-state index in [1.807, 2.05) is 49.5 Å². The van der Waals surface area contributed by atoms with Gasteiger partial charge in [0.05, 0.1) is 5.69 Å². The molecule has 2 saturated heterocycles. The summed E-state index contributed by atoms with van der Waals surface area (Å²) in [6.07, 6.45) is 7.82. The smallest absolute Gasteiger partial charge is 0.233 e. The van der Waals surface area contributed by atoms with Crippen molar-refractivity contribution >= 4 is 0 Å². The second-order valence-corrected chi connectivity index (χ2v) is 8.38. The Morgan fingerprint density at radius 2 is 1.77 bits per heavy atom. The summed E-state index contributed by atoms with van der Waals surface area (Å²) < 4.78 is 6.12. The number of nitrogens with one attached hydrogen (secondary N) is 1. The maximum atomic E-state index is 10.6. The van der Waals surface area contributed by atoms with Crippen LogP contribution in [-0.2, 0) is 0 Å². The summed E-state index contributed by atoms with van der Waals surface area (Å²) in [4.78, 5) is 4.32. The van der Waals surface area contributed by atoms with Crippen molar-refractivity contribution in [3.05, 3.63) is 54.4 Å². The van der Waals surface area contributed by atoms with Crippen LogP contribution in [0, 0.1) is 6.92 Å². The number of aryl methyl sites for hydroxylation is 1. The number of hydrogen-bond donors (Lipinski definition) is 2. The Morgan fingerprint density at radius 1 is 0.967 bits per heavy atom. The molecule has 4 heterocycles. The molecular weight excluding hydrogens is 376 g/mol. The minimum Gasteiger partial charge on any atom is -0.507 e. The van der Waals surface area contributed by atoms with Crippen LogP contribution in [0.25, 0.3) is 22.4 Å². The van der Waals surface area contributed by atoms with Crippen LogP contribution in [-0.4, -0.2) is 38.5 Å². The molecule has 2 aliphatic heterocycles. The van der Waals surface area contributed by atoms with Crippen LogP contribution in [0.4, 0.5) is 0 Å². The van der Waals surface area contributed by atoms with Crippen molar-refractivity contribution < 1.29 is 9.84 Å². The third kappa shape index (κ3) is 4.00. The van der Waals surface area contributed by atoms with Gasteiger partial charge in [0.1, 0.15) is 11.9 Å². The van der Waals surface area contributed by atoms with Gasteiger partial charge in [0.2, 0.25) is 5.88 Å². The zero-order valence-corrected chi connectivity index (χ0v) is 17.1. The van der Waals surface area contributed by atoms with Crippen molar-refractivity contribution in [3.8, 4) is 34.0 Å². The Balaban J connectivity index is 1.30. The molecule has 5 rings (SSSR count). The monoisotopic (exact) mass is 402 g/mol. The van der Waals surface area contributed by atoms with E-state index in [-0.39, 0.29) is 11.9 Å². The van der Waals surface area contributed by atoms with E-state index >= 15 is 0 Å². The first kappa shape index (κ1) is 19.0. The fraction of sp³-hybridized carbons (Fsp3) is 0.375. The van der Waals surface area contributed by atoms with Gasteiger partial charge >= 0.3 is 0 Å². The molecule has 2 aliphatic rings. The topological polar surface area (TPSA) is 80.2 Å². The molecule has 30 heavy (non-hydrogen) atoms. The van der Waals surface area contributed by atoms with E-state index in [1.165, 1.54) is 19.3 Å². The van der Waals surface area contributed by atoms with Gasteiger partial charge in [-0.2, -0.15) is 0 Å². The summed E-state index contributed by atoms with van der Waals surface area (Å²) in [6, 6.07) is 14.3. The average molecular weight is 402 g/mol. The van der Waals surface area contributed by atoms with Crippen molar-refractivity contribution in [1.82, 2.24) is 20.5 Å². The summed E-state index contributed by atoms with van der Waals surface area (Å²) in [7, 11) is 0. The highest BCUT2D eigenvalue weighted by Gasteiger charge is 2.32. The van der Waals surface area contributed by atoms with Gasteiger partial charge in [-0.3, -0.25) is 4.98 Å². The number of ether oxygens (including phenoxy) is 1. The molecule has 0 spiro atoms. The Morgan fingerprint density at radius 3 is 2.43 bits per heavy atom. The summed E-state index contributed by atoms with van der Waals surface area (Å²) in [5.41, 5.74) is 4.10. The molecular formula is C24H26N4O2. The lowest BCUT2D eigenvalue weighted by Gasteiger charge is -2.39. The fourth-order valence-corrected chi connectivity index (χ4v) is 4.57. The highest BCUT2D eigenvalue weighted by molar-refractivity contribution is 5.73. The van der Waals surface area contributed by atoms with E-state index in [4.69, 9.17) is 4.74 Å². The molecule has 1 aromatic carbocycles. The maximum absolute atomic E-state index is 10.6. The zero-order chi connectivity index (χ0) is 20.5. The van der Waals surface area contributed by atoms with Crippen molar-refractivity contribution in [2.24, 2.45) is 0 Å². The van der Waals surface area contributed by atoms with Gasteiger partial charge in [0.15, 0.2) is 0 Å². The minimum absolute atomic E-state index is 0.169. The molecule has 2 bridgehead atoms. The largest absolute Gasteiger partial charge is 0.507 e. The number of nitrogens with zero attached hydrogens (tertiary/aromatic N) is 3. The maximum Gasteiger partial charge on any atom is 0.233 e. The van der Waals surface area contributed by atoms with Crippen molar-refractivity contribution in [2.45, 2.75) is 57.2 Å². The first-order valence-electron chi connectivity index (χ1n) is 10.7. The van der Waals surface area contributed by atoms with Gasteiger partial charge in [0.25, 0.3) is 0 Å². The normalized spacial score (nSPS) is 23.2. The Bertz CT molecular complexity index is 1010. The quantitative estimate of drug-likeness (QED) is 0.678. The molecule has 2 atom stereocenters. The number of benzene rings is 1. The Hall–Kier alpha value is -2.99. The molecule has 0 aliphatic carbocycles. The average Bonchev–Trinajstić information content (AvgIpc) is 2.75. The number of aromatic hydroxyl groups is 1. The van der Waals surface area contributed by atoms with Crippen LogP contribution in [0.5, 0.6) is 11.6 Å². The van der Waals surface area contributed by atoms with E-state index in [1.54, 1.807) is 6.07 Å². The molecule has 154 valence electrons. The first-order valence-corrected chi connectivity index (χ1v) is 10.7. The lowest BCUT2D eigenvalue weighted by Crippen LogP contribution is -2.51. The second-order valence-electron chi connectivity index (χ2n) is 8.38. The van der Waals surface area contributed by atoms with E-state index < -0.39 is 0 Å². The van der Waals surface area contributed by atoms with Crippen LogP contribution in [0.1, 0.15) is 37.8 Å². The molecule has 2 unspecified atom stereocenters. The number of fused-ring (bicyclic) bond motifs is 2. The SMILES string of the molecule is Cc1ccc(-c2ccc(-c3ccc(OC4CC5CCCC(C4)N5)nn3)c(O)c2)cn1. The van der Waals surface area contributed by atoms with Gasteiger partial charge < -0.3 is 15.2 Å². The van der Waals surface area contributed by atoms with E-state index in [0.29, 0.717) is 29.2 Å². The number of rotatable bonds is 4. The van der Waals surface area contributed by atoms with E-state index in [0.717, 1.165) is 29.7 Å². The van der Waals surface area contributed by atoms with Gasteiger partial charge in [-0.05, 0) is 62.4 Å². The van der Waals surface area contributed by atoms with Gasteiger partial charge in [-0.1, -0.05) is 18.6 Å². The third-order valence-electron chi connectivity index (χ3n) is 6.12. The van der Waals surface area contributed by atoms with Gasteiger partial charge in [0, 0.05) is 41.2 Å². The van der Waals surface area contributed by atoms with Crippen LogP contribution >= 0.6 is 0 Å². The van der Waals surface area contributed by atoms with E-state index in [9.17, 15) is 5.11 Å². The lowest BCUT2D eigenvalue weighted by atomic mass is 9.85. The zero-order valence-electron chi connectivity index (χ0n) is 17.1. The molecule has 2 aromatic heterocycles. The molecule has 6 nitrogen and oxygen atoms in total. The molecule has 0 radical (unpaired) electrons. The summed E-state index contributed by atoms with van der Waals surface area (Å²) in [6.45, 7) is 1.95. The van der Waals surface area contributed by atoms with Crippen LogP contribution < -0.4 is 10.1 Å². The molecule has 2 N–H and O–H groups in total. The molecule has 0 amide bonds. The number of hydrogen-bond acceptors (Lipinski definition) is 6. The summed E-state index contributed by atoms with van der Waals surface area (Å²) in [5.74, 6) is 0.716. The number of phenolic OH excluding ortho intramolecular Hbond substituents is 1. The molecule has 6 heteroatoms. The summed E-state index contributed by atoms with van der Waals surface area (Å²) in [5, 5.41) is 22.8. The number of pyridine rings is 1. The van der Waals surface area contributed by atoms with Crippen LogP contribution in [0.2, 0.25) is 0 Å². The molecule has 2 fully saturated rings. The predicted molar refractivity (Wildman–Crippen MR) is 115 cm³/mol. The second kappa shape index (κ2) is 8.03. The van der Waals surface area contributed by atoms with Crippen molar-refractivity contribution in [3.63, 3.8) is 0 Å². The summed E-state index contributed by atoms with van der Waals surface area (Å²) >= 11 is 0. The minimum atomic E-state index is 0.169. The van der Waals surface area contributed by atoms with Crippen LogP contribution in [0.15, 0.2) is 48.7 Å². The highest BCUT2D eigenvalue weighted by Crippen LogP contribution is 2.33.